The highest BCUT2D eigenvalue weighted by Crippen LogP contribution is 2.44. The van der Waals surface area contributed by atoms with Crippen LogP contribution in [0, 0.1) is 20.8 Å². The molecule has 1 saturated heterocycles. The fourth-order valence-electron chi connectivity index (χ4n) is 4.04. The molecule has 0 unspecified atom stereocenters. The van der Waals surface area contributed by atoms with Gasteiger partial charge in [-0.1, -0.05) is 41.2 Å². The number of aromatic nitrogens is 1. The van der Waals surface area contributed by atoms with Crippen molar-refractivity contribution >= 4 is 39.9 Å². The summed E-state index contributed by atoms with van der Waals surface area (Å²) < 4.78 is 10.1. The predicted molar refractivity (Wildman–Crippen MR) is 132 cm³/mol. The molecule has 2 heterocycles. The van der Waals surface area contributed by atoms with Crippen molar-refractivity contribution in [2.24, 2.45) is 0 Å². The minimum absolute atomic E-state index is 0.0594. The number of carbonyl (C=O) groups is 3. The zero-order valence-corrected chi connectivity index (χ0v) is 20.7. The van der Waals surface area contributed by atoms with E-state index in [1.807, 2.05) is 26.0 Å². The summed E-state index contributed by atoms with van der Waals surface area (Å²) >= 11 is 0.960. The number of aryl methyl sites for hydroxylation is 3. The number of ether oxygens (including phenoxy) is 2. The molecule has 1 aliphatic rings. The molecule has 1 fully saturated rings. The first kappa shape index (κ1) is 24.2. The van der Waals surface area contributed by atoms with Crippen molar-refractivity contribution in [1.29, 1.82) is 0 Å². The van der Waals surface area contributed by atoms with Gasteiger partial charge in [-0.25, -0.2) is 9.78 Å². The standard InChI is InChI=1S/C26H24N2O6S/c1-13-6-8-16(9-7-13)20-19(21(29)17-10-11-18(33-4)14(2)12-17)22(30)24(31)28(20)26-27-15(3)23(35-26)25(32)34-5/h6-12,20,29H,1-5H3/t20-/m1/s1. The lowest BCUT2D eigenvalue weighted by Crippen LogP contribution is -2.29. The lowest BCUT2D eigenvalue weighted by atomic mass is 9.94. The number of methoxy groups -OCH3 is 2. The molecule has 0 radical (unpaired) electrons. The van der Waals surface area contributed by atoms with E-state index in [1.165, 1.54) is 12.0 Å². The minimum atomic E-state index is -0.936. The second kappa shape index (κ2) is 9.34. The van der Waals surface area contributed by atoms with Crippen LogP contribution < -0.4 is 9.64 Å². The van der Waals surface area contributed by atoms with Gasteiger partial charge in [0.25, 0.3) is 5.78 Å². The van der Waals surface area contributed by atoms with Crippen LogP contribution in [-0.4, -0.2) is 42.0 Å². The third-order valence-electron chi connectivity index (χ3n) is 5.87. The molecule has 3 aromatic rings. The van der Waals surface area contributed by atoms with Gasteiger partial charge in [-0.2, -0.15) is 0 Å². The number of thiazole rings is 1. The van der Waals surface area contributed by atoms with Crippen molar-refractivity contribution in [2.75, 3.05) is 19.1 Å². The summed E-state index contributed by atoms with van der Waals surface area (Å²) in [7, 11) is 2.81. The monoisotopic (exact) mass is 492 g/mol. The number of ketones is 1. The van der Waals surface area contributed by atoms with Crippen LogP contribution >= 0.6 is 11.3 Å². The van der Waals surface area contributed by atoms with E-state index in [-0.39, 0.29) is 21.3 Å². The Balaban J connectivity index is 1.93. The van der Waals surface area contributed by atoms with Crippen LogP contribution in [0.15, 0.2) is 48.0 Å². The molecule has 180 valence electrons. The summed E-state index contributed by atoms with van der Waals surface area (Å²) in [5, 5.41) is 11.4. The maximum absolute atomic E-state index is 13.3. The Morgan fingerprint density at radius 3 is 2.34 bits per heavy atom. The lowest BCUT2D eigenvalue weighted by Gasteiger charge is -2.23. The van der Waals surface area contributed by atoms with Gasteiger partial charge < -0.3 is 14.6 Å². The molecular formula is C26H24N2O6S. The molecule has 0 bridgehead atoms. The summed E-state index contributed by atoms with van der Waals surface area (Å²) in [5.41, 5.74) is 3.08. The molecule has 1 aromatic heterocycles. The highest BCUT2D eigenvalue weighted by atomic mass is 32.1. The Kier molecular flexibility index (Phi) is 6.45. The van der Waals surface area contributed by atoms with Crippen LogP contribution in [0.3, 0.4) is 0 Å². The van der Waals surface area contributed by atoms with E-state index in [9.17, 15) is 19.5 Å². The van der Waals surface area contributed by atoms with Crippen molar-refractivity contribution < 1.29 is 29.0 Å². The van der Waals surface area contributed by atoms with E-state index >= 15 is 0 Å². The predicted octanol–water partition coefficient (Wildman–Crippen LogP) is 4.49. The second-order valence-corrected chi connectivity index (χ2v) is 9.14. The molecule has 9 heteroatoms. The van der Waals surface area contributed by atoms with Crippen molar-refractivity contribution in [3.8, 4) is 5.75 Å². The maximum Gasteiger partial charge on any atom is 0.350 e. The fourth-order valence-corrected chi connectivity index (χ4v) is 5.05. The van der Waals surface area contributed by atoms with E-state index in [0.29, 0.717) is 22.6 Å². The molecule has 1 N–H and O–H groups in total. The van der Waals surface area contributed by atoms with Crippen molar-refractivity contribution in [2.45, 2.75) is 26.8 Å². The van der Waals surface area contributed by atoms with Crippen LogP contribution in [0.4, 0.5) is 5.13 Å². The van der Waals surface area contributed by atoms with E-state index in [0.717, 1.165) is 22.5 Å². The molecule has 0 aliphatic carbocycles. The molecule has 1 aliphatic heterocycles. The van der Waals surface area contributed by atoms with Gasteiger partial charge in [-0.15, -0.1) is 0 Å². The number of Topliss-reactive ketones (excluding diaryl/α,β-unsaturated/α-hetero) is 1. The van der Waals surface area contributed by atoms with Crippen molar-refractivity contribution in [1.82, 2.24) is 4.98 Å². The van der Waals surface area contributed by atoms with Gasteiger partial charge in [-0.3, -0.25) is 14.5 Å². The Labute approximate surface area is 206 Å². The van der Waals surface area contributed by atoms with Gasteiger partial charge in [-0.05, 0) is 50.1 Å². The number of amides is 1. The fraction of sp³-hybridized carbons (Fsp3) is 0.231. The number of anilines is 1. The van der Waals surface area contributed by atoms with Gasteiger partial charge in [0.1, 0.15) is 16.4 Å². The van der Waals surface area contributed by atoms with Crippen LogP contribution in [0.5, 0.6) is 5.75 Å². The molecule has 0 saturated carbocycles. The summed E-state index contributed by atoms with van der Waals surface area (Å²) in [6.45, 7) is 5.37. The number of aliphatic hydroxyl groups is 1. The number of esters is 1. The number of carbonyl (C=O) groups excluding carboxylic acids is 3. The molecule has 1 atom stereocenters. The van der Waals surface area contributed by atoms with Crippen molar-refractivity contribution in [3.63, 3.8) is 0 Å². The normalized spacial score (nSPS) is 17.1. The van der Waals surface area contributed by atoms with E-state index in [2.05, 4.69) is 4.98 Å². The van der Waals surface area contributed by atoms with E-state index in [4.69, 9.17) is 9.47 Å². The molecular weight excluding hydrogens is 468 g/mol. The van der Waals surface area contributed by atoms with Gasteiger partial charge in [0.2, 0.25) is 0 Å². The van der Waals surface area contributed by atoms with Gasteiger partial charge in [0, 0.05) is 5.56 Å². The zero-order valence-electron chi connectivity index (χ0n) is 19.9. The molecule has 1 amide bonds. The number of nitrogens with zero attached hydrogens (tertiary/aromatic N) is 2. The smallest absolute Gasteiger partial charge is 0.350 e. The third kappa shape index (κ3) is 4.19. The summed E-state index contributed by atoms with van der Waals surface area (Å²) in [6.07, 6.45) is 0. The van der Waals surface area contributed by atoms with Crippen LogP contribution in [0.1, 0.15) is 43.7 Å². The Bertz CT molecular complexity index is 1370. The molecule has 4 rings (SSSR count). The SMILES string of the molecule is COC(=O)c1sc(N2C(=O)C(=O)C(=C(O)c3ccc(OC)c(C)c3)[C@H]2c2ccc(C)cc2)nc1C. The number of rotatable bonds is 5. The van der Waals surface area contributed by atoms with Gasteiger partial charge in [0.15, 0.2) is 5.13 Å². The number of hydrogen-bond donors (Lipinski definition) is 1. The van der Waals surface area contributed by atoms with Crippen LogP contribution in [0.25, 0.3) is 5.76 Å². The summed E-state index contributed by atoms with van der Waals surface area (Å²) in [4.78, 5) is 44.6. The number of aliphatic hydroxyl groups excluding tert-OH is 1. The van der Waals surface area contributed by atoms with E-state index < -0.39 is 23.7 Å². The van der Waals surface area contributed by atoms with Gasteiger partial charge in [0.05, 0.1) is 31.5 Å². The topological polar surface area (TPSA) is 106 Å². The maximum atomic E-state index is 13.3. The van der Waals surface area contributed by atoms with E-state index in [1.54, 1.807) is 44.4 Å². The minimum Gasteiger partial charge on any atom is -0.507 e. The Morgan fingerprint density at radius 2 is 1.74 bits per heavy atom. The average Bonchev–Trinajstić information content (AvgIpc) is 3.35. The average molecular weight is 493 g/mol. The number of hydrogen-bond acceptors (Lipinski definition) is 8. The van der Waals surface area contributed by atoms with Crippen LogP contribution in [-0.2, 0) is 14.3 Å². The van der Waals surface area contributed by atoms with Gasteiger partial charge >= 0.3 is 11.9 Å². The number of benzene rings is 2. The first-order valence-corrected chi connectivity index (χ1v) is 11.6. The quantitative estimate of drug-likeness (QED) is 0.242. The highest BCUT2D eigenvalue weighted by molar-refractivity contribution is 7.17. The molecule has 35 heavy (non-hydrogen) atoms. The molecule has 2 aromatic carbocycles. The molecule has 0 spiro atoms. The molecule has 8 nitrogen and oxygen atoms in total. The second-order valence-electron chi connectivity index (χ2n) is 8.17. The summed E-state index contributed by atoms with van der Waals surface area (Å²) in [5.74, 6) is -1.93. The largest absolute Gasteiger partial charge is 0.507 e. The Hall–Kier alpha value is -3.98. The lowest BCUT2D eigenvalue weighted by molar-refractivity contribution is -0.132. The van der Waals surface area contributed by atoms with Crippen LogP contribution in [0.2, 0.25) is 0 Å². The Morgan fingerprint density at radius 1 is 1.06 bits per heavy atom. The summed E-state index contributed by atoms with van der Waals surface area (Å²) in [6, 6.07) is 11.4. The third-order valence-corrected chi connectivity index (χ3v) is 7.00. The zero-order chi connectivity index (χ0) is 25.4. The highest BCUT2D eigenvalue weighted by Gasteiger charge is 2.48. The first-order valence-electron chi connectivity index (χ1n) is 10.8. The van der Waals surface area contributed by atoms with Crippen molar-refractivity contribution in [3.05, 3.63) is 80.9 Å². The first-order chi connectivity index (χ1) is 16.7.